The number of methoxy groups -OCH3 is 1. The Morgan fingerprint density at radius 3 is 2.57 bits per heavy atom. The molecule has 28 heavy (non-hydrogen) atoms. The summed E-state index contributed by atoms with van der Waals surface area (Å²) in [6.45, 7) is 5.25. The highest BCUT2D eigenvalue weighted by molar-refractivity contribution is 5.57. The van der Waals surface area contributed by atoms with Crippen LogP contribution < -0.4 is 4.74 Å². The van der Waals surface area contributed by atoms with E-state index in [1.165, 1.54) is 62.5 Å². The number of ether oxygens (including phenoxy) is 1. The highest BCUT2D eigenvalue weighted by Gasteiger charge is 2.56. The molecule has 3 saturated carbocycles. The van der Waals surface area contributed by atoms with Crippen molar-refractivity contribution >= 4 is 6.08 Å². The predicted octanol–water partition coefficient (Wildman–Crippen LogP) is 7.29. The lowest BCUT2D eigenvalue weighted by Gasteiger charge is -2.59. The lowest BCUT2D eigenvalue weighted by Crippen LogP contribution is -2.51. The summed E-state index contributed by atoms with van der Waals surface area (Å²) in [7, 11) is 1.73. The van der Waals surface area contributed by atoms with Gasteiger partial charge in [-0.25, -0.2) is 0 Å². The molecule has 150 valence electrons. The van der Waals surface area contributed by atoms with Crippen molar-refractivity contribution in [3.05, 3.63) is 47.6 Å². The third-order valence-electron chi connectivity index (χ3n) is 9.32. The SMILES string of the molecule is COc1ccc(/C=C2\C=C[C@@H]3CC[C@H]4[C@@H](CC[C@@]5(C)CCC[C@@H]45)[C@@]3(C)C2)cc1. The maximum absolute atomic E-state index is 5.31. The molecule has 0 bridgehead atoms. The van der Waals surface area contributed by atoms with Gasteiger partial charge in [-0.05, 0) is 103 Å². The number of hydrogen-bond donors (Lipinski definition) is 0. The van der Waals surface area contributed by atoms with Crippen LogP contribution >= 0.6 is 0 Å². The molecular formula is C27H36O. The second kappa shape index (κ2) is 6.78. The summed E-state index contributed by atoms with van der Waals surface area (Å²) in [6, 6.07) is 8.51. The van der Waals surface area contributed by atoms with Gasteiger partial charge >= 0.3 is 0 Å². The molecule has 0 aliphatic heterocycles. The lowest BCUT2D eigenvalue weighted by molar-refractivity contribution is -0.0761. The number of rotatable bonds is 2. The Hall–Kier alpha value is -1.50. The van der Waals surface area contributed by atoms with Crippen molar-refractivity contribution in [1.29, 1.82) is 0 Å². The zero-order valence-electron chi connectivity index (χ0n) is 17.9. The highest BCUT2D eigenvalue weighted by Crippen LogP contribution is 2.65. The van der Waals surface area contributed by atoms with E-state index in [0.717, 1.165) is 29.4 Å². The van der Waals surface area contributed by atoms with E-state index in [9.17, 15) is 0 Å². The molecule has 6 atom stereocenters. The smallest absolute Gasteiger partial charge is 0.118 e. The zero-order chi connectivity index (χ0) is 19.4. The molecule has 3 fully saturated rings. The summed E-state index contributed by atoms with van der Waals surface area (Å²) in [5.74, 6) is 4.63. The minimum Gasteiger partial charge on any atom is -0.497 e. The van der Waals surface area contributed by atoms with Crippen LogP contribution in [0.5, 0.6) is 5.75 Å². The topological polar surface area (TPSA) is 9.23 Å². The molecule has 0 radical (unpaired) electrons. The monoisotopic (exact) mass is 376 g/mol. The van der Waals surface area contributed by atoms with E-state index >= 15 is 0 Å². The maximum atomic E-state index is 5.31. The van der Waals surface area contributed by atoms with Gasteiger partial charge in [-0.2, -0.15) is 0 Å². The van der Waals surface area contributed by atoms with Crippen molar-refractivity contribution in [3.8, 4) is 5.75 Å². The average Bonchev–Trinajstić information content (AvgIpc) is 3.10. The third-order valence-corrected chi connectivity index (χ3v) is 9.32. The Labute approximate surface area is 171 Å². The fourth-order valence-corrected chi connectivity index (χ4v) is 7.81. The predicted molar refractivity (Wildman–Crippen MR) is 117 cm³/mol. The first-order chi connectivity index (χ1) is 13.5. The second-order valence-corrected chi connectivity index (χ2v) is 10.7. The van der Waals surface area contributed by atoms with Crippen LogP contribution in [0.15, 0.2) is 42.0 Å². The molecule has 5 rings (SSSR count). The Morgan fingerprint density at radius 2 is 1.79 bits per heavy atom. The van der Waals surface area contributed by atoms with Crippen molar-refractivity contribution in [2.45, 2.75) is 65.2 Å². The van der Waals surface area contributed by atoms with E-state index in [2.05, 4.69) is 56.3 Å². The molecule has 0 amide bonds. The lowest BCUT2D eigenvalue weighted by atomic mass is 9.46. The van der Waals surface area contributed by atoms with Crippen LogP contribution in [0.25, 0.3) is 6.08 Å². The van der Waals surface area contributed by atoms with Gasteiger partial charge in [0.15, 0.2) is 0 Å². The van der Waals surface area contributed by atoms with Gasteiger partial charge in [-0.15, -0.1) is 0 Å². The van der Waals surface area contributed by atoms with Crippen molar-refractivity contribution in [2.24, 2.45) is 34.5 Å². The van der Waals surface area contributed by atoms with Crippen molar-refractivity contribution in [2.75, 3.05) is 7.11 Å². The first kappa shape index (κ1) is 18.5. The van der Waals surface area contributed by atoms with Gasteiger partial charge < -0.3 is 4.74 Å². The molecule has 1 heteroatoms. The molecule has 0 heterocycles. The summed E-state index contributed by atoms with van der Waals surface area (Å²) >= 11 is 0. The largest absolute Gasteiger partial charge is 0.497 e. The first-order valence-electron chi connectivity index (χ1n) is 11.5. The quantitative estimate of drug-likeness (QED) is 0.526. The van der Waals surface area contributed by atoms with E-state index in [0.29, 0.717) is 10.8 Å². The number of fused-ring (bicyclic) bond motifs is 5. The van der Waals surface area contributed by atoms with Gasteiger partial charge in [-0.3, -0.25) is 0 Å². The molecule has 0 unspecified atom stereocenters. The summed E-state index contributed by atoms with van der Waals surface area (Å²) < 4.78 is 5.31. The highest BCUT2D eigenvalue weighted by atomic mass is 16.5. The molecular weight excluding hydrogens is 340 g/mol. The van der Waals surface area contributed by atoms with Gasteiger partial charge in [-0.1, -0.05) is 50.6 Å². The Balaban J connectivity index is 1.42. The van der Waals surface area contributed by atoms with Crippen LogP contribution in [0, 0.1) is 34.5 Å². The Kier molecular flexibility index (Phi) is 4.49. The van der Waals surface area contributed by atoms with Crippen LogP contribution in [-0.2, 0) is 0 Å². The first-order valence-corrected chi connectivity index (χ1v) is 11.5. The van der Waals surface area contributed by atoms with Crippen LogP contribution in [0.3, 0.4) is 0 Å². The Bertz CT molecular complexity index is 787. The van der Waals surface area contributed by atoms with E-state index in [1.807, 2.05) is 0 Å². The van der Waals surface area contributed by atoms with Crippen LogP contribution in [-0.4, -0.2) is 7.11 Å². The molecule has 0 N–H and O–H groups in total. The summed E-state index contributed by atoms with van der Waals surface area (Å²) in [5, 5.41) is 0. The van der Waals surface area contributed by atoms with Gasteiger partial charge in [0, 0.05) is 0 Å². The summed E-state index contributed by atoms with van der Waals surface area (Å²) in [4.78, 5) is 0. The Morgan fingerprint density at radius 1 is 0.964 bits per heavy atom. The normalized spacial score (nSPS) is 43.3. The minimum absolute atomic E-state index is 0.458. The number of allylic oxidation sites excluding steroid dienone is 3. The third kappa shape index (κ3) is 2.88. The fourth-order valence-electron chi connectivity index (χ4n) is 7.81. The molecule has 0 spiro atoms. The van der Waals surface area contributed by atoms with E-state index in [4.69, 9.17) is 4.74 Å². The maximum Gasteiger partial charge on any atom is 0.118 e. The van der Waals surface area contributed by atoms with Crippen LogP contribution in [0.2, 0.25) is 0 Å². The summed E-state index contributed by atoms with van der Waals surface area (Å²) in [5.41, 5.74) is 3.93. The van der Waals surface area contributed by atoms with Crippen LogP contribution in [0.1, 0.15) is 70.8 Å². The van der Waals surface area contributed by atoms with E-state index in [1.54, 1.807) is 7.11 Å². The van der Waals surface area contributed by atoms with Crippen LogP contribution in [0.4, 0.5) is 0 Å². The molecule has 1 nitrogen and oxygen atoms in total. The standard InChI is InChI=1S/C27H36O/c1-26-15-4-5-24(26)23-13-10-21-9-6-20(18-27(21,2)25(23)14-16-26)17-19-7-11-22(28-3)12-8-19/h6-9,11-12,17,21,23-25H,4-5,10,13-16,18H2,1-3H3/b20-17+/t21-,23-,24+,25-,26-,27+/m1/s1. The van der Waals surface area contributed by atoms with Gasteiger partial charge in [0.25, 0.3) is 0 Å². The molecule has 0 aromatic heterocycles. The number of benzene rings is 1. The minimum atomic E-state index is 0.458. The fraction of sp³-hybridized carbons (Fsp3) is 0.630. The summed E-state index contributed by atoms with van der Waals surface area (Å²) in [6.07, 6.45) is 19.0. The van der Waals surface area contributed by atoms with Gasteiger partial charge in [0.05, 0.1) is 7.11 Å². The van der Waals surface area contributed by atoms with E-state index in [-0.39, 0.29) is 0 Å². The second-order valence-electron chi connectivity index (χ2n) is 10.7. The molecule has 4 aliphatic rings. The van der Waals surface area contributed by atoms with Crippen molar-refractivity contribution in [1.82, 2.24) is 0 Å². The molecule has 4 aliphatic carbocycles. The van der Waals surface area contributed by atoms with Crippen molar-refractivity contribution < 1.29 is 4.74 Å². The molecule has 1 aromatic rings. The average molecular weight is 377 g/mol. The van der Waals surface area contributed by atoms with E-state index < -0.39 is 0 Å². The van der Waals surface area contributed by atoms with Gasteiger partial charge in [0.1, 0.15) is 5.75 Å². The number of hydrogen-bond acceptors (Lipinski definition) is 1. The zero-order valence-corrected chi connectivity index (χ0v) is 17.9. The molecule has 1 aromatic carbocycles. The van der Waals surface area contributed by atoms with Gasteiger partial charge in [0.2, 0.25) is 0 Å². The van der Waals surface area contributed by atoms with Crippen molar-refractivity contribution in [3.63, 3.8) is 0 Å². The molecule has 0 saturated heterocycles.